The quantitative estimate of drug-likeness (QED) is 0.504. The average molecular weight is 496 g/mol. The number of methoxy groups -OCH3 is 1. The summed E-state index contributed by atoms with van der Waals surface area (Å²) in [5, 5.41) is 0. The first kappa shape index (κ1) is 26.2. The van der Waals surface area contributed by atoms with Crippen molar-refractivity contribution in [2.75, 3.05) is 19.4 Å². The number of ether oxygens (including phenoxy) is 4. The number of imide groups is 1. The van der Waals surface area contributed by atoms with E-state index in [2.05, 4.69) is 6.58 Å². The summed E-state index contributed by atoms with van der Waals surface area (Å²) in [4.78, 5) is 25.7. The average Bonchev–Trinajstić information content (AvgIpc) is 3.27. The molecular formula is C24H33NO8S. The Kier molecular flexibility index (Phi) is 8.05. The molecule has 188 valence electrons. The molecule has 2 aliphatic rings. The van der Waals surface area contributed by atoms with Gasteiger partial charge in [-0.2, -0.15) is 0 Å². The molecule has 0 spiro atoms. The van der Waals surface area contributed by atoms with Crippen molar-refractivity contribution in [3.8, 4) is 0 Å². The molecule has 0 aliphatic carbocycles. The van der Waals surface area contributed by atoms with Crippen LogP contribution in [0, 0.1) is 5.92 Å². The predicted molar refractivity (Wildman–Crippen MR) is 124 cm³/mol. The lowest BCUT2D eigenvalue weighted by molar-refractivity contribution is -0.0269. The van der Waals surface area contributed by atoms with Crippen molar-refractivity contribution in [1.29, 1.82) is 0 Å². The van der Waals surface area contributed by atoms with Gasteiger partial charge in [0.05, 0.1) is 35.5 Å². The Hall–Kier alpha value is -2.43. The Balaban J connectivity index is 1.72. The van der Waals surface area contributed by atoms with Crippen LogP contribution in [-0.2, 0) is 28.8 Å². The minimum absolute atomic E-state index is 0.0170. The lowest BCUT2D eigenvalue weighted by Crippen LogP contribution is -2.38. The van der Waals surface area contributed by atoms with Crippen LogP contribution >= 0.6 is 0 Å². The molecule has 5 atom stereocenters. The highest BCUT2D eigenvalue weighted by molar-refractivity contribution is 7.91. The van der Waals surface area contributed by atoms with Crippen molar-refractivity contribution in [3.05, 3.63) is 43.0 Å². The Morgan fingerprint density at radius 2 is 1.91 bits per heavy atom. The van der Waals surface area contributed by atoms with Gasteiger partial charge in [0.1, 0.15) is 11.7 Å². The molecule has 2 aliphatic heterocycles. The smallest absolute Gasteiger partial charge is 0.419 e. The van der Waals surface area contributed by atoms with Crippen LogP contribution in [0.1, 0.15) is 33.6 Å². The molecule has 0 saturated carbocycles. The fourth-order valence-electron chi connectivity index (χ4n) is 4.35. The third-order valence-electron chi connectivity index (χ3n) is 5.78. The second kappa shape index (κ2) is 10.5. The van der Waals surface area contributed by atoms with Crippen molar-refractivity contribution in [2.45, 2.75) is 68.5 Å². The SMILES string of the molecule is C=CC[C@@H]1OC(C[C@H]2CN(C(=O)OC(C)(C)C)C(=O)O2)[C@H](OC)[C@H]1CS(=O)(=O)c1ccccc1. The van der Waals surface area contributed by atoms with Gasteiger partial charge in [0.2, 0.25) is 0 Å². The van der Waals surface area contributed by atoms with Gasteiger partial charge in [-0.25, -0.2) is 22.9 Å². The Bertz CT molecular complexity index is 988. The van der Waals surface area contributed by atoms with Crippen LogP contribution in [-0.4, -0.2) is 74.9 Å². The zero-order chi connectivity index (χ0) is 25.1. The molecule has 2 heterocycles. The second-order valence-electron chi connectivity index (χ2n) is 9.53. The largest absolute Gasteiger partial charge is 0.444 e. The molecule has 1 aromatic carbocycles. The molecule has 1 aromatic rings. The number of rotatable bonds is 8. The summed E-state index contributed by atoms with van der Waals surface area (Å²) in [7, 11) is -2.08. The summed E-state index contributed by atoms with van der Waals surface area (Å²) < 4.78 is 48.7. The van der Waals surface area contributed by atoms with Crippen LogP contribution in [0.5, 0.6) is 0 Å². The predicted octanol–water partition coefficient (Wildman–Crippen LogP) is 3.58. The maximum absolute atomic E-state index is 13.1. The number of sulfone groups is 1. The van der Waals surface area contributed by atoms with Crippen molar-refractivity contribution in [1.82, 2.24) is 4.90 Å². The molecular weight excluding hydrogens is 462 g/mol. The molecule has 2 saturated heterocycles. The number of carbonyl (C=O) groups is 2. The van der Waals surface area contributed by atoms with Gasteiger partial charge in [-0.05, 0) is 39.3 Å². The first-order valence-electron chi connectivity index (χ1n) is 11.2. The fraction of sp³-hybridized carbons (Fsp3) is 0.583. The third-order valence-corrected chi connectivity index (χ3v) is 7.60. The number of nitrogens with zero attached hydrogens (tertiary/aromatic N) is 1. The van der Waals surface area contributed by atoms with Gasteiger partial charge >= 0.3 is 12.2 Å². The van der Waals surface area contributed by atoms with Crippen LogP contribution in [0.25, 0.3) is 0 Å². The molecule has 2 fully saturated rings. The number of hydrogen-bond donors (Lipinski definition) is 0. The van der Waals surface area contributed by atoms with E-state index in [0.717, 1.165) is 4.90 Å². The summed E-state index contributed by atoms with van der Waals surface area (Å²) in [5.41, 5.74) is -0.749. The number of carbonyl (C=O) groups excluding carboxylic acids is 2. The van der Waals surface area contributed by atoms with E-state index in [0.29, 0.717) is 6.42 Å². The topological polar surface area (TPSA) is 108 Å². The van der Waals surface area contributed by atoms with E-state index in [9.17, 15) is 18.0 Å². The van der Waals surface area contributed by atoms with E-state index in [1.807, 2.05) is 0 Å². The molecule has 1 unspecified atom stereocenters. The van der Waals surface area contributed by atoms with Gasteiger partial charge < -0.3 is 18.9 Å². The monoisotopic (exact) mass is 495 g/mol. The molecule has 10 heteroatoms. The van der Waals surface area contributed by atoms with Gasteiger partial charge in [-0.3, -0.25) is 0 Å². The first-order valence-corrected chi connectivity index (χ1v) is 12.9. The molecule has 0 bridgehead atoms. The van der Waals surface area contributed by atoms with Crippen molar-refractivity contribution < 1.29 is 37.0 Å². The summed E-state index contributed by atoms with van der Waals surface area (Å²) in [5.74, 6) is -0.601. The Labute approximate surface area is 200 Å². The van der Waals surface area contributed by atoms with Crippen LogP contribution < -0.4 is 0 Å². The van der Waals surface area contributed by atoms with Crippen LogP contribution in [0.3, 0.4) is 0 Å². The van der Waals surface area contributed by atoms with Crippen molar-refractivity contribution in [3.63, 3.8) is 0 Å². The molecule has 3 rings (SSSR count). The molecule has 9 nitrogen and oxygen atoms in total. The molecule has 0 N–H and O–H groups in total. The van der Waals surface area contributed by atoms with E-state index in [1.165, 1.54) is 7.11 Å². The fourth-order valence-corrected chi connectivity index (χ4v) is 6.03. The maximum atomic E-state index is 13.1. The highest BCUT2D eigenvalue weighted by Gasteiger charge is 2.49. The molecule has 2 amide bonds. The van der Waals surface area contributed by atoms with Crippen molar-refractivity contribution >= 4 is 22.0 Å². The summed E-state index contributed by atoms with van der Waals surface area (Å²) >= 11 is 0. The Morgan fingerprint density at radius 3 is 2.50 bits per heavy atom. The maximum Gasteiger partial charge on any atom is 0.419 e. The molecule has 0 aromatic heterocycles. The lowest BCUT2D eigenvalue weighted by Gasteiger charge is -2.24. The number of benzene rings is 1. The minimum Gasteiger partial charge on any atom is -0.444 e. The third kappa shape index (κ3) is 6.17. The van der Waals surface area contributed by atoms with E-state index in [1.54, 1.807) is 57.2 Å². The van der Waals surface area contributed by atoms with Gasteiger partial charge in [-0.15, -0.1) is 6.58 Å². The van der Waals surface area contributed by atoms with Crippen LogP contribution in [0.15, 0.2) is 47.9 Å². The standard InChI is InChI=1S/C24H33NO8S/c1-6-10-19-18(15-34(28,29)17-11-8-7-9-12-17)21(30-5)20(32-19)13-16-14-25(22(26)31-16)23(27)33-24(2,3)4/h6-9,11-12,16,18-21H,1,10,13-15H2,2-5H3/t16-,18-,19-,20?,21+/m0/s1. The van der Waals surface area contributed by atoms with Gasteiger partial charge in [0.15, 0.2) is 9.84 Å². The van der Waals surface area contributed by atoms with Gasteiger partial charge in [-0.1, -0.05) is 24.3 Å². The summed E-state index contributed by atoms with van der Waals surface area (Å²) in [6.07, 6.45) is -1.30. The number of amides is 2. The summed E-state index contributed by atoms with van der Waals surface area (Å²) in [6.45, 7) is 8.91. The lowest BCUT2D eigenvalue weighted by atomic mass is 9.94. The summed E-state index contributed by atoms with van der Waals surface area (Å²) in [6, 6.07) is 8.25. The molecule has 0 radical (unpaired) electrons. The first-order chi connectivity index (χ1) is 15.9. The zero-order valence-electron chi connectivity index (χ0n) is 20.0. The molecule has 34 heavy (non-hydrogen) atoms. The second-order valence-corrected chi connectivity index (χ2v) is 11.6. The zero-order valence-corrected chi connectivity index (χ0v) is 20.8. The van der Waals surface area contributed by atoms with Crippen molar-refractivity contribution in [2.24, 2.45) is 5.92 Å². The minimum atomic E-state index is -3.58. The van der Waals surface area contributed by atoms with Crippen LogP contribution in [0.2, 0.25) is 0 Å². The normalized spacial score (nSPS) is 27.5. The van der Waals surface area contributed by atoms with E-state index in [4.69, 9.17) is 18.9 Å². The van der Waals surface area contributed by atoms with E-state index >= 15 is 0 Å². The van der Waals surface area contributed by atoms with Gasteiger partial charge in [0.25, 0.3) is 0 Å². The van der Waals surface area contributed by atoms with E-state index in [-0.39, 0.29) is 23.6 Å². The van der Waals surface area contributed by atoms with Gasteiger partial charge in [0, 0.05) is 19.4 Å². The van der Waals surface area contributed by atoms with Crippen LogP contribution in [0.4, 0.5) is 9.59 Å². The number of hydrogen-bond acceptors (Lipinski definition) is 8. The highest BCUT2D eigenvalue weighted by atomic mass is 32.2. The number of cyclic esters (lactones) is 1. The highest BCUT2D eigenvalue weighted by Crippen LogP contribution is 2.37. The Morgan fingerprint density at radius 1 is 1.24 bits per heavy atom. The van der Waals surface area contributed by atoms with E-state index < -0.39 is 58.0 Å².